The SMILES string of the molecule is NC1CC(C(=O)c2ccsc2Cl)C1. The molecular weight excluding hydrogens is 206 g/mol. The van der Waals surface area contributed by atoms with E-state index in [4.69, 9.17) is 17.3 Å². The Hall–Kier alpha value is -0.380. The Labute approximate surface area is 85.7 Å². The predicted molar refractivity (Wildman–Crippen MR) is 54.4 cm³/mol. The zero-order valence-electron chi connectivity index (χ0n) is 7.00. The van der Waals surface area contributed by atoms with Crippen molar-refractivity contribution in [3.8, 4) is 0 Å². The highest BCUT2D eigenvalue weighted by Gasteiger charge is 2.33. The average Bonchev–Trinajstić information content (AvgIpc) is 2.44. The van der Waals surface area contributed by atoms with Crippen LogP contribution in [0.1, 0.15) is 23.2 Å². The fraction of sp³-hybridized carbons (Fsp3) is 0.444. The standard InChI is InChI=1S/C9H10ClNOS/c10-9-7(1-2-13-9)8(12)5-3-6(11)4-5/h1-2,5-6H,3-4,11H2. The molecule has 1 fully saturated rings. The Morgan fingerprint density at radius 2 is 2.31 bits per heavy atom. The molecule has 0 spiro atoms. The van der Waals surface area contributed by atoms with Crippen molar-refractivity contribution in [3.05, 3.63) is 21.3 Å². The molecule has 2 nitrogen and oxygen atoms in total. The number of hydrogen-bond donors (Lipinski definition) is 1. The molecule has 0 bridgehead atoms. The van der Waals surface area contributed by atoms with E-state index in [-0.39, 0.29) is 17.7 Å². The lowest BCUT2D eigenvalue weighted by atomic mass is 9.77. The van der Waals surface area contributed by atoms with E-state index in [0.29, 0.717) is 9.90 Å². The summed E-state index contributed by atoms with van der Waals surface area (Å²) in [5.74, 6) is 0.273. The summed E-state index contributed by atoms with van der Waals surface area (Å²) in [6.45, 7) is 0. The van der Waals surface area contributed by atoms with Crippen LogP contribution in [0.25, 0.3) is 0 Å². The van der Waals surface area contributed by atoms with Crippen LogP contribution in [0.4, 0.5) is 0 Å². The summed E-state index contributed by atoms with van der Waals surface area (Å²) in [4.78, 5) is 11.7. The third-order valence-corrected chi connectivity index (χ3v) is 3.60. The topological polar surface area (TPSA) is 43.1 Å². The Morgan fingerprint density at radius 3 is 2.77 bits per heavy atom. The molecule has 0 saturated heterocycles. The van der Waals surface area contributed by atoms with E-state index in [1.807, 2.05) is 5.38 Å². The number of thiophene rings is 1. The summed E-state index contributed by atoms with van der Waals surface area (Å²) in [6.07, 6.45) is 1.62. The number of nitrogens with two attached hydrogens (primary N) is 1. The van der Waals surface area contributed by atoms with Crippen LogP contribution in [0.3, 0.4) is 0 Å². The zero-order chi connectivity index (χ0) is 9.42. The fourth-order valence-corrected chi connectivity index (χ4v) is 2.50. The first kappa shape index (κ1) is 9.19. The molecule has 0 radical (unpaired) electrons. The van der Waals surface area contributed by atoms with Crippen molar-refractivity contribution in [1.82, 2.24) is 0 Å². The molecule has 0 aromatic carbocycles. The Morgan fingerprint density at radius 1 is 1.62 bits per heavy atom. The van der Waals surface area contributed by atoms with Gasteiger partial charge in [-0.05, 0) is 24.3 Å². The molecule has 2 rings (SSSR count). The van der Waals surface area contributed by atoms with Crippen LogP contribution in [0, 0.1) is 5.92 Å². The molecule has 1 aliphatic carbocycles. The molecule has 0 unspecified atom stereocenters. The van der Waals surface area contributed by atoms with Gasteiger partial charge in [0.05, 0.1) is 0 Å². The number of Topliss-reactive ketones (excluding diaryl/α,β-unsaturated/α-hetero) is 1. The Bertz CT molecular complexity index is 330. The normalized spacial score (nSPS) is 26.9. The minimum Gasteiger partial charge on any atom is -0.328 e. The van der Waals surface area contributed by atoms with Gasteiger partial charge in [-0.25, -0.2) is 0 Å². The highest BCUT2D eigenvalue weighted by Crippen LogP contribution is 2.33. The van der Waals surface area contributed by atoms with Gasteiger partial charge in [-0.1, -0.05) is 11.6 Å². The van der Waals surface area contributed by atoms with Crippen LogP contribution < -0.4 is 5.73 Å². The lowest BCUT2D eigenvalue weighted by molar-refractivity contribution is 0.0833. The van der Waals surface area contributed by atoms with E-state index in [9.17, 15) is 4.79 Å². The first-order valence-electron chi connectivity index (χ1n) is 4.21. The number of rotatable bonds is 2. The summed E-state index contributed by atoms with van der Waals surface area (Å²) < 4.78 is 0.602. The predicted octanol–water partition coefficient (Wildman–Crippen LogP) is 2.32. The van der Waals surface area contributed by atoms with Gasteiger partial charge in [0.1, 0.15) is 4.34 Å². The maximum Gasteiger partial charge on any atom is 0.168 e. The van der Waals surface area contributed by atoms with Gasteiger partial charge in [0.25, 0.3) is 0 Å². The molecule has 1 aliphatic rings. The van der Waals surface area contributed by atoms with Gasteiger partial charge in [0.15, 0.2) is 5.78 Å². The lowest BCUT2D eigenvalue weighted by Crippen LogP contribution is -2.40. The fourth-order valence-electron chi connectivity index (χ4n) is 1.57. The highest BCUT2D eigenvalue weighted by molar-refractivity contribution is 7.14. The van der Waals surface area contributed by atoms with Gasteiger partial charge in [0, 0.05) is 17.5 Å². The van der Waals surface area contributed by atoms with Crippen molar-refractivity contribution >= 4 is 28.7 Å². The minimum absolute atomic E-state index is 0.113. The molecule has 1 heterocycles. The number of carbonyl (C=O) groups is 1. The van der Waals surface area contributed by atoms with Crippen molar-refractivity contribution < 1.29 is 4.79 Å². The molecule has 1 saturated carbocycles. The number of carbonyl (C=O) groups excluding carboxylic acids is 1. The van der Waals surface area contributed by atoms with E-state index in [1.165, 1.54) is 11.3 Å². The number of ketones is 1. The van der Waals surface area contributed by atoms with Crippen molar-refractivity contribution in [3.63, 3.8) is 0 Å². The second kappa shape index (κ2) is 3.40. The number of halogens is 1. The van der Waals surface area contributed by atoms with Crippen LogP contribution >= 0.6 is 22.9 Å². The second-order valence-electron chi connectivity index (χ2n) is 3.40. The minimum atomic E-state index is 0.113. The van der Waals surface area contributed by atoms with Crippen LogP contribution in [0.5, 0.6) is 0 Å². The first-order valence-corrected chi connectivity index (χ1v) is 5.47. The van der Waals surface area contributed by atoms with Crippen molar-refractivity contribution in [1.29, 1.82) is 0 Å². The van der Waals surface area contributed by atoms with Gasteiger partial charge >= 0.3 is 0 Å². The van der Waals surface area contributed by atoms with E-state index < -0.39 is 0 Å². The monoisotopic (exact) mass is 215 g/mol. The van der Waals surface area contributed by atoms with Crippen molar-refractivity contribution in [2.24, 2.45) is 11.7 Å². The maximum absolute atomic E-state index is 11.7. The van der Waals surface area contributed by atoms with E-state index in [2.05, 4.69) is 0 Å². The molecule has 0 atom stereocenters. The van der Waals surface area contributed by atoms with E-state index in [1.54, 1.807) is 6.07 Å². The number of hydrogen-bond acceptors (Lipinski definition) is 3. The zero-order valence-corrected chi connectivity index (χ0v) is 8.57. The van der Waals surface area contributed by atoms with Crippen LogP contribution in [0.15, 0.2) is 11.4 Å². The van der Waals surface area contributed by atoms with Gasteiger partial charge in [0.2, 0.25) is 0 Å². The summed E-state index contributed by atoms with van der Waals surface area (Å²) in [6, 6.07) is 2.01. The van der Waals surface area contributed by atoms with Crippen molar-refractivity contribution in [2.45, 2.75) is 18.9 Å². The average molecular weight is 216 g/mol. The molecule has 0 amide bonds. The smallest absolute Gasteiger partial charge is 0.168 e. The molecule has 2 N–H and O–H groups in total. The molecule has 1 aromatic rings. The molecule has 4 heteroatoms. The molecular formula is C9H10ClNOS. The van der Waals surface area contributed by atoms with E-state index >= 15 is 0 Å². The molecule has 1 aromatic heterocycles. The third-order valence-electron chi connectivity index (χ3n) is 2.43. The second-order valence-corrected chi connectivity index (χ2v) is 4.92. The van der Waals surface area contributed by atoms with Crippen LogP contribution in [0.2, 0.25) is 4.34 Å². The quantitative estimate of drug-likeness (QED) is 0.770. The van der Waals surface area contributed by atoms with E-state index in [0.717, 1.165) is 12.8 Å². The Balaban J connectivity index is 2.10. The summed E-state index contributed by atoms with van der Waals surface area (Å²) in [5.41, 5.74) is 6.29. The maximum atomic E-state index is 11.7. The third kappa shape index (κ3) is 1.64. The summed E-state index contributed by atoms with van der Waals surface area (Å²) in [5, 5.41) is 1.84. The summed E-state index contributed by atoms with van der Waals surface area (Å²) >= 11 is 7.26. The molecule has 13 heavy (non-hydrogen) atoms. The molecule has 70 valence electrons. The summed E-state index contributed by atoms with van der Waals surface area (Å²) in [7, 11) is 0. The largest absolute Gasteiger partial charge is 0.328 e. The Kier molecular flexibility index (Phi) is 2.41. The highest BCUT2D eigenvalue weighted by atomic mass is 35.5. The van der Waals surface area contributed by atoms with Gasteiger partial charge in [-0.2, -0.15) is 0 Å². The first-order chi connectivity index (χ1) is 6.18. The van der Waals surface area contributed by atoms with Gasteiger partial charge in [-0.3, -0.25) is 4.79 Å². The van der Waals surface area contributed by atoms with Crippen molar-refractivity contribution in [2.75, 3.05) is 0 Å². The van der Waals surface area contributed by atoms with Gasteiger partial charge < -0.3 is 5.73 Å². The molecule has 0 aliphatic heterocycles. The van der Waals surface area contributed by atoms with Crippen LogP contribution in [-0.4, -0.2) is 11.8 Å². The van der Waals surface area contributed by atoms with Gasteiger partial charge in [-0.15, -0.1) is 11.3 Å². The van der Waals surface area contributed by atoms with Crippen LogP contribution in [-0.2, 0) is 0 Å². The lowest BCUT2D eigenvalue weighted by Gasteiger charge is -2.30.